The highest BCUT2D eigenvalue weighted by molar-refractivity contribution is 8.01. The summed E-state index contributed by atoms with van der Waals surface area (Å²) in [6, 6.07) is 6.49. The molecule has 5 heteroatoms. The lowest BCUT2D eigenvalue weighted by Gasteiger charge is -2.24. The van der Waals surface area contributed by atoms with Gasteiger partial charge in [0, 0.05) is 6.54 Å². The number of hydrogen-bond acceptors (Lipinski definition) is 3. The van der Waals surface area contributed by atoms with E-state index in [2.05, 4.69) is 5.32 Å². The molecular formula is C15H21FN2OS. The summed E-state index contributed by atoms with van der Waals surface area (Å²) < 4.78 is 13.0. The van der Waals surface area contributed by atoms with E-state index in [-0.39, 0.29) is 22.3 Å². The van der Waals surface area contributed by atoms with Crippen LogP contribution in [0, 0.1) is 5.82 Å². The number of halogens is 1. The predicted molar refractivity (Wildman–Crippen MR) is 81.1 cm³/mol. The van der Waals surface area contributed by atoms with Gasteiger partial charge in [-0.25, -0.2) is 4.39 Å². The fourth-order valence-electron chi connectivity index (χ4n) is 2.40. The first kappa shape index (κ1) is 15.3. The van der Waals surface area contributed by atoms with Crippen molar-refractivity contribution in [2.45, 2.75) is 30.4 Å². The van der Waals surface area contributed by atoms with Crippen LogP contribution < -0.4 is 5.32 Å². The lowest BCUT2D eigenvalue weighted by molar-refractivity contribution is -0.130. The quantitative estimate of drug-likeness (QED) is 0.819. The predicted octanol–water partition coefficient (Wildman–Crippen LogP) is 2.79. The maximum atomic E-state index is 13.0. The van der Waals surface area contributed by atoms with Crippen molar-refractivity contribution in [3.05, 3.63) is 35.6 Å². The van der Waals surface area contributed by atoms with E-state index < -0.39 is 0 Å². The zero-order valence-electron chi connectivity index (χ0n) is 11.9. The van der Waals surface area contributed by atoms with Gasteiger partial charge < -0.3 is 10.2 Å². The molecule has 0 spiro atoms. The minimum atomic E-state index is -0.239. The van der Waals surface area contributed by atoms with Crippen LogP contribution in [-0.2, 0) is 4.79 Å². The monoisotopic (exact) mass is 296 g/mol. The van der Waals surface area contributed by atoms with E-state index in [1.54, 1.807) is 23.9 Å². The highest BCUT2D eigenvalue weighted by Gasteiger charge is 2.39. The van der Waals surface area contributed by atoms with E-state index in [0.29, 0.717) is 0 Å². The molecule has 0 saturated carbocycles. The summed E-state index contributed by atoms with van der Waals surface area (Å²) in [5.74, 6) is -0.0280. The van der Waals surface area contributed by atoms with E-state index in [4.69, 9.17) is 0 Å². The third-order valence-corrected chi connectivity index (χ3v) is 5.13. The van der Waals surface area contributed by atoms with Crippen molar-refractivity contribution in [3.8, 4) is 0 Å². The standard InChI is InChI=1S/C15H21FN2OS/c1-3-13-14(19)18(10-4-9-17-2)15(20-13)11-5-7-12(16)8-6-11/h5-8,13,15,17H,3-4,9-10H2,1-2H3/t13-,15+/m0/s1. The van der Waals surface area contributed by atoms with Crippen molar-refractivity contribution in [2.24, 2.45) is 0 Å². The Hall–Kier alpha value is -1.07. The number of amides is 1. The Morgan fingerprint density at radius 3 is 2.65 bits per heavy atom. The molecule has 20 heavy (non-hydrogen) atoms. The average molecular weight is 296 g/mol. The zero-order valence-corrected chi connectivity index (χ0v) is 12.8. The summed E-state index contributed by atoms with van der Waals surface area (Å²) in [7, 11) is 1.91. The van der Waals surface area contributed by atoms with Crippen molar-refractivity contribution < 1.29 is 9.18 Å². The molecule has 1 amide bonds. The van der Waals surface area contributed by atoms with Crippen LogP contribution in [0.5, 0.6) is 0 Å². The Morgan fingerprint density at radius 1 is 1.35 bits per heavy atom. The molecule has 1 fully saturated rings. The van der Waals surface area contributed by atoms with Gasteiger partial charge in [0.15, 0.2) is 0 Å². The second kappa shape index (κ2) is 7.09. The maximum absolute atomic E-state index is 13.0. The molecule has 1 N–H and O–H groups in total. The van der Waals surface area contributed by atoms with Gasteiger partial charge in [-0.1, -0.05) is 19.1 Å². The molecule has 0 bridgehead atoms. The number of thioether (sulfide) groups is 1. The molecule has 1 aromatic carbocycles. The lowest BCUT2D eigenvalue weighted by Crippen LogP contribution is -2.33. The van der Waals surface area contributed by atoms with Crippen molar-refractivity contribution in [3.63, 3.8) is 0 Å². The molecule has 1 heterocycles. The summed E-state index contributed by atoms with van der Waals surface area (Å²) in [6.45, 7) is 3.67. The molecule has 0 unspecified atom stereocenters. The smallest absolute Gasteiger partial charge is 0.236 e. The van der Waals surface area contributed by atoms with Crippen molar-refractivity contribution in [1.29, 1.82) is 0 Å². The Kier molecular flexibility index (Phi) is 5.43. The fraction of sp³-hybridized carbons (Fsp3) is 0.533. The number of nitrogens with one attached hydrogen (secondary N) is 1. The van der Waals surface area contributed by atoms with Crippen molar-refractivity contribution >= 4 is 17.7 Å². The summed E-state index contributed by atoms with van der Waals surface area (Å²) in [4.78, 5) is 14.3. The molecule has 0 radical (unpaired) electrons. The van der Waals surface area contributed by atoms with Crippen LogP contribution in [0.3, 0.4) is 0 Å². The summed E-state index contributed by atoms with van der Waals surface area (Å²) in [5, 5.41) is 3.15. The van der Waals surface area contributed by atoms with Crippen LogP contribution >= 0.6 is 11.8 Å². The first-order valence-corrected chi connectivity index (χ1v) is 7.97. The minimum Gasteiger partial charge on any atom is -0.326 e. The second-order valence-electron chi connectivity index (χ2n) is 4.93. The topological polar surface area (TPSA) is 32.3 Å². The number of benzene rings is 1. The molecule has 1 aromatic rings. The van der Waals surface area contributed by atoms with Crippen LogP contribution in [0.1, 0.15) is 30.7 Å². The SMILES string of the molecule is CC[C@@H]1S[C@H](c2ccc(F)cc2)N(CCCNC)C1=O. The van der Waals surface area contributed by atoms with E-state index in [0.717, 1.165) is 31.5 Å². The van der Waals surface area contributed by atoms with Gasteiger partial charge in [0.25, 0.3) is 0 Å². The first-order valence-electron chi connectivity index (χ1n) is 7.03. The van der Waals surface area contributed by atoms with Crippen LogP contribution in [-0.4, -0.2) is 36.2 Å². The number of carbonyl (C=O) groups excluding carboxylic acids is 1. The molecule has 3 nitrogen and oxygen atoms in total. The molecule has 0 aliphatic carbocycles. The summed E-state index contributed by atoms with van der Waals surface area (Å²) in [5.41, 5.74) is 1.00. The molecule has 1 aliphatic heterocycles. The second-order valence-corrected chi connectivity index (χ2v) is 6.21. The molecule has 2 atom stereocenters. The van der Waals surface area contributed by atoms with Crippen molar-refractivity contribution in [1.82, 2.24) is 10.2 Å². The van der Waals surface area contributed by atoms with E-state index in [9.17, 15) is 9.18 Å². The zero-order chi connectivity index (χ0) is 14.5. The van der Waals surface area contributed by atoms with E-state index in [1.165, 1.54) is 12.1 Å². The van der Waals surface area contributed by atoms with Gasteiger partial charge in [-0.15, -0.1) is 11.8 Å². The molecule has 2 rings (SSSR count). The lowest BCUT2D eigenvalue weighted by atomic mass is 10.2. The average Bonchev–Trinajstić information content (AvgIpc) is 2.77. The molecule has 110 valence electrons. The Balaban J connectivity index is 2.15. The Morgan fingerprint density at radius 2 is 2.05 bits per heavy atom. The number of nitrogens with zero attached hydrogens (tertiary/aromatic N) is 1. The van der Waals surface area contributed by atoms with Gasteiger partial charge in [0.1, 0.15) is 11.2 Å². The van der Waals surface area contributed by atoms with Gasteiger partial charge in [-0.05, 0) is 44.1 Å². The maximum Gasteiger partial charge on any atom is 0.236 e. The van der Waals surface area contributed by atoms with Gasteiger partial charge >= 0.3 is 0 Å². The Bertz CT molecular complexity index is 452. The van der Waals surface area contributed by atoms with Gasteiger partial charge in [0.05, 0.1) is 5.25 Å². The van der Waals surface area contributed by atoms with Crippen LogP contribution in [0.25, 0.3) is 0 Å². The fourth-order valence-corrected chi connectivity index (χ4v) is 3.82. The Labute approximate surface area is 123 Å². The van der Waals surface area contributed by atoms with Crippen LogP contribution in [0.15, 0.2) is 24.3 Å². The number of hydrogen-bond donors (Lipinski definition) is 1. The largest absolute Gasteiger partial charge is 0.326 e. The highest BCUT2D eigenvalue weighted by atomic mass is 32.2. The number of rotatable bonds is 6. The molecule has 1 saturated heterocycles. The summed E-state index contributed by atoms with van der Waals surface area (Å²) >= 11 is 1.68. The molecule has 0 aromatic heterocycles. The van der Waals surface area contributed by atoms with Crippen LogP contribution in [0.4, 0.5) is 4.39 Å². The van der Waals surface area contributed by atoms with Crippen LogP contribution in [0.2, 0.25) is 0 Å². The minimum absolute atomic E-state index is 0.0184. The third-order valence-electron chi connectivity index (χ3n) is 3.49. The van der Waals surface area contributed by atoms with E-state index in [1.807, 2.05) is 18.9 Å². The molecular weight excluding hydrogens is 275 g/mol. The van der Waals surface area contributed by atoms with Crippen molar-refractivity contribution in [2.75, 3.05) is 20.1 Å². The van der Waals surface area contributed by atoms with Gasteiger partial charge in [0.2, 0.25) is 5.91 Å². The first-order chi connectivity index (χ1) is 9.67. The normalized spacial score (nSPS) is 22.6. The number of carbonyl (C=O) groups is 1. The highest BCUT2D eigenvalue weighted by Crippen LogP contribution is 2.44. The van der Waals surface area contributed by atoms with Gasteiger partial charge in [-0.2, -0.15) is 0 Å². The summed E-state index contributed by atoms with van der Waals surface area (Å²) in [6.07, 6.45) is 1.76. The van der Waals surface area contributed by atoms with Gasteiger partial charge in [-0.3, -0.25) is 4.79 Å². The third kappa shape index (κ3) is 3.33. The molecule has 1 aliphatic rings. The van der Waals surface area contributed by atoms with E-state index >= 15 is 0 Å².